The van der Waals surface area contributed by atoms with Crippen molar-refractivity contribution in [2.45, 2.75) is 57.0 Å². The molecule has 296 valence electrons. The first kappa shape index (κ1) is 38.7. The Kier molecular flexibility index (Phi) is 11.7. The predicted octanol–water partition coefficient (Wildman–Crippen LogP) is 4.69. The first-order valence-electron chi connectivity index (χ1n) is 19.9. The molecule has 3 aliphatic heterocycles. The van der Waals surface area contributed by atoms with Crippen LogP contribution in [0.2, 0.25) is 0 Å². The molecule has 1 N–H and O–H groups in total. The Bertz CT molecular complexity index is 1830. The average Bonchev–Trinajstić information content (AvgIpc) is 3.24. The molecule has 2 aromatic carbocycles. The average molecular weight is 755 g/mol. The Balaban J connectivity index is 1.36. The third kappa shape index (κ3) is 7.07. The van der Waals surface area contributed by atoms with Gasteiger partial charge in [0.25, 0.3) is 0 Å². The molecule has 55 heavy (non-hydrogen) atoms. The number of aromatic nitrogens is 1. The zero-order valence-electron chi connectivity index (χ0n) is 33.4. The number of rotatable bonds is 11. The van der Waals surface area contributed by atoms with Crippen molar-refractivity contribution in [3.63, 3.8) is 0 Å². The minimum atomic E-state index is -0.700. The second kappa shape index (κ2) is 16.7. The monoisotopic (exact) mass is 754 g/mol. The highest BCUT2D eigenvalue weighted by Gasteiger charge is 2.58. The highest BCUT2D eigenvalue weighted by atomic mass is 16.5. The number of piperazine rings is 1. The van der Waals surface area contributed by atoms with Gasteiger partial charge >= 0.3 is 0 Å². The molecule has 4 aliphatic rings. The van der Waals surface area contributed by atoms with Crippen LogP contribution >= 0.6 is 0 Å². The number of anilines is 1. The van der Waals surface area contributed by atoms with Crippen molar-refractivity contribution >= 4 is 17.5 Å². The number of benzene rings is 2. The minimum absolute atomic E-state index is 0.0914. The van der Waals surface area contributed by atoms with Crippen molar-refractivity contribution in [1.29, 1.82) is 0 Å². The number of carbonyl (C=O) groups excluding carboxylic acids is 2. The molecule has 4 atom stereocenters. The van der Waals surface area contributed by atoms with Crippen LogP contribution in [0.1, 0.15) is 60.9 Å². The minimum Gasteiger partial charge on any atom is -0.493 e. The normalized spacial score (nSPS) is 23.9. The summed E-state index contributed by atoms with van der Waals surface area (Å²) in [5, 5.41) is 3.21. The van der Waals surface area contributed by atoms with E-state index in [9.17, 15) is 9.59 Å². The smallest absolute Gasteiger partial charge is 0.225 e. The number of carbonyl (C=O) groups is 2. The third-order valence-corrected chi connectivity index (χ3v) is 12.9. The molecule has 2 fully saturated rings. The molecule has 4 heterocycles. The van der Waals surface area contributed by atoms with Gasteiger partial charge in [0.15, 0.2) is 23.0 Å². The zero-order chi connectivity index (χ0) is 38.7. The van der Waals surface area contributed by atoms with Crippen molar-refractivity contribution in [1.82, 2.24) is 25.0 Å². The maximum atomic E-state index is 14.8. The van der Waals surface area contributed by atoms with Crippen molar-refractivity contribution in [2.75, 3.05) is 92.7 Å². The number of amides is 2. The SMILES string of the molecule is CCN1CCc2cc(OC)c(OC)cc2C1[C@H]1CC(C(=O)N2CCN(c3ccncc3)CC2)CC[C@]12c1cc(OC)c(OC)cc1CCN2C(=O)CCNC. The quantitative estimate of drug-likeness (QED) is 0.297. The van der Waals surface area contributed by atoms with Gasteiger partial charge in [-0.15, -0.1) is 0 Å². The Morgan fingerprint density at radius 3 is 2.13 bits per heavy atom. The van der Waals surface area contributed by atoms with Crippen LogP contribution in [-0.2, 0) is 28.0 Å². The van der Waals surface area contributed by atoms with Crippen LogP contribution in [0.5, 0.6) is 23.0 Å². The molecule has 7 rings (SSSR count). The summed E-state index contributed by atoms with van der Waals surface area (Å²) in [5.74, 6) is 2.77. The van der Waals surface area contributed by atoms with Gasteiger partial charge in [-0.25, -0.2) is 0 Å². The molecule has 1 spiro atoms. The van der Waals surface area contributed by atoms with Crippen LogP contribution in [-0.4, -0.2) is 119 Å². The Hall–Kier alpha value is -4.55. The molecule has 1 saturated heterocycles. The topological polar surface area (TPSA) is 109 Å². The maximum absolute atomic E-state index is 14.8. The summed E-state index contributed by atoms with van der Waals surface area (Å²) in [4.78, 5) is 42.8. The number of hydrogen-bond donors (Lipinski definition) is 1. The molecule has 0 radical (unpaired) electrons. The van der Waals surface area contributed by atoms with Gasteiger partial charge in [-0.05, 0) is 104 Å². The number of ether oxygens (including phenoxy) is 4. The summed E-state index contributed by atoms with van der Waals surface area (Å²) in [6.07, 6.45) is 7.60. The second-order valence-electron chi connectivity index (χ2n) is 15.3. The molecule has 2 amide bonds. The molecular formula is C43H58N6O6. The first-order valence-corrected chi connectivity index (χ1v) is 19.9. The third-order valence-electron chi connectivity index (χ3n) is 12.9. The number of pyridine rings is 1. The lowest BCUT2D eigenvalue weighted by Crippen LogP contribution is -2.63. The van der Waals surface area contributed by atoms with Crippen LogP contribution < -0.4 is 29.2 Å². The second-order valence-corrected chi connectivity index (χ2v) is 15.3. The van der Waals surface area contributed by atoms with E-state index in [0.29, 0.717) is 81.3 Å². The summed E-state index contributed by atoms with van der Waals surface area (Å²) in [6, 6.07) is 12.5. The van der Waals surface area contributed by atoms with Gasteiger partial charge in [-0.2, -0.15) is 0 Å². The van der Waals surface area contributed by atoms with Gasteiger partial charge in [0.2, 0.25) is 11.8 Å². The molecule has 1 saturated carbocycles. The van der Waals surface area contributed by atoms with E-state index in [1.54, 1.807) is 28.4 Å². The van der Waals surface area contributed by atoms with Crippen molar-refractivity contribution in [3.8, 4) is 23.0 Å². The van der Waals surface area contributed by atoms with Crippen LogP contribution in [0.15, 0.2) is 48.8 Å². The maximum Gasteiger partial charge on any atom is 0.225 e. The fraction of sp³-hybridized carbons (Fsp3) is 0.558. The Morgan fingerprint density at radius 1 is 0.836 bits per heavy atom. The Morgan fingerprint density at radius 2 is 1.47 bits per heavy atom. The lowest BCUT2D eigenvalue weighted by Gasteiger charge is -2.59. The van der Waals surface area contributed by atoms with E-state index < -0.39 is 5.54 Å². The molecule has 2 unspecified atom stereocenters. The lowest BCUT2D eigenvalue weighted by atomic mass is 9.58. The van der Waals surface area contributed by atoms with Crippen LogP contribution in [0.3, 0.4) is 0 Å². The van der Waals surface area contributed by atoms with E-state index in [1.165, 1.54) is 16.7 Å². The van der Waals surface area contributed by atoms with Gasteiger partial charge in [0.1, 0.15) is 0 Å². The fourth-order valence-corrected chi connectivity index (χ4v) is 10.2. The predicted molar refractivity (Wildman–Crippen MR) is 212 cm³/mol. The number of nitrogens with zero attached hydrogens (tertiary/aromatic N) is 5. The van der Waals surface area contributed by atoms with Gasteiger partial charge in [0.05, 0.1) is 34.0 Å². The molecule has 12 nitrogen and oxygen atoms in total. The van der Waals surface area contributed by atoms with E-state index in [4.69, 9.17) is 18.9 Å². The molecule has 0 bridgehead atoms. The largest absolute Gasteiger partial charge is 0.493 e. The lowest BCUT2D eigenvalue weighted by molar-refractivity contribution is -0.153. The van der Waals surface area contributed by atoms with Crippen LogP contribution in [0, 0.1) is 11.8 Å². The molecule has 1 aliphatic carbocycles. The van der Waals surface area contributed by atoms with Crippen molar-refractivity contribution in [3.05, 3.63) is 71.0 Å². The number of nitrogens with one attached hydrogen (secondary N) is 1. The van der Waals surface area contributed by atoms with E-state index in [1.807, 2.05) is 31.6 Å². The molecular weight excluding hydrogens is 697 g/mol. The van der Waals surface area contributed by atoms with E-state index in [2.05, 4.69) is 61.1 Å². The summed E-state index contributed by atoms with van der Waals surface area (Å²) in [5.41, 5.74) is 5.12. The highest BCUT2D eigenvalue weighted by molar-refractivity contribution is 5.81. The van der Waals surface area contributed by atoms with E-state index >= 15 is 0 Å². The summed E-state index contributed by atoms with van der Waals surface area (Å²) < 4.78 is 23.5. The number of fused-ring (bicyclic) bond motifs is 3. The Labute approximate surface area is 326 Å². The van der Waals surface area contributed by atoms with Crippen molar-refractivity contribution < 1.29 is 28.5 Å². The number of methoxy groups -OCH3 is 4. The molecule has 1 aromatic heterocycles. The first-order chi connectivity index (χ1) is 26.8. The van der Waals surface area contributed by atoms with E-state index in [-0.39, 0.29) is 29.7 Å². The van der Waals surface area contributed by atoms with E-state index in [0.717, 1.165) is 43.9 Å². The van der Waals surface area contributed by atoms with Crippen LogP contribution in [0.4, 0.5) is 5.69 Å². The van der Waals surface area contributed by atoms with Gasteiger partial charge in [-0.3, -0.25) is 19.5 Å². The van der Waals surface area contributed by atoms with Crippen molar-refractivity contribution in [2.24, 2.45) is 11.8 Å². The number of hydrogen-bond acceptors (Lipinski definition) is 10. The summed E-state index contributed by atoms with van der Waals surface area (Å²) in [6.45, 7) is 7.99. The molecule has 3 aromatic rings. The van der Waals surface area contributed by atoms with Gasteiger partial charge in [0, 0.05) is 88.2 Å². The van der Waals surface area contributed by atoms with Gasteiger partial charge in [-0.1, -0.05) is 6.92 Å². The zero-order valence-corrected chi connectivity index (χ0v) is 33.4. The number of likely N-dealkylation sites (N-methyl/N-ethyl adjacent to an activating group) is 1. The standard InChI is InChI=1S/C43H58N6O6/c1-7-46-18-12-29-25-36(52-3)38(54-5)27-33(29)41(46)35-24-31(42(51)48-22-20-47(21-23-48)32-9-16-45-17-10-32)8-14-43(35)34-28-39(55-6)37(53-4)26-30(34)13-19-49(43)40(50)11-15-44-2/h9-10,16-17,25-28,31,35,41,44H,7-8,11-15,18-24H2,1-6H3/t31?,35-,41?,43+/m1/s1. The summed E-state index contributed by atoms with van der Waals surface area (Å²) in [7, 11) is 8.60. The molecule has 12 heteroatoms. The fourth-order valence-electron chi connectivity index (χ4n) is 10.2. The van der Waals surface area contributed by atoms with Crippen LogP contribution in [0.25, 0.3) is 0 Å². The highest BCUT2D eigenvalue weighted by Crippen LogP contribution is 2.59. The summed E-state index contributed by atoms with van der Waals surface area (Å²) >= 11 is 0. The van der Waals surface area contributed by atoms with Gasteiger partial charge < -0.3 is 39.0 Å².